The zero-order chi connectivity index (χ0) is 15.9. The number of anilines is 1. The van der Waals surface area contributed by atoms with Crippen molar-refractivity contribution in [2.45, 2.75) is 32.6 Å². The number of hydrogen-bond donors (Lipinski definition) is 2. The summed E-state index contributed by atoms with van der Waals surface area (Å²) in [5.41, 5.74) is 3.68. The van der Waals surface area contributed by atoms with Crippen LogP contribution in [0.4, 0.5) is 5.69 Å². The molecule has 2 nitrogen and oxygen atoms in total. The van der Waals surface area contributed by atoms with E-state index >= 15 is 0 Å². The summed E-state index contributed by atoms with van der Waals surface area (Å²) in [6.07, 6.45) is 0. The van der Waals surface area contributed by atoms with Crippen molar-refractivity contribution in [1.82, 2.24) is 5.32 Å². The first-order chi connectivity index (χ1) is 10.6. The number of rotatable bonds is 5. The molecule has 0 spiro atoms. The van der Waals surface area contributed by atoms with E-state index in [0.29, 0.717) is 16.9 Å². The van der Waals surface area contributed by atoms with Crippen LogP contribution in [-0.4, -0.2) is 11.7 Å². The Hall–Kier alpha value is -1.87. The fourth-order valence-electron chi connectivity index (χ4n) is 2.27. The van der Waals surface area contributed by atoms with Gasteiger partial charge in [-0.3, -0.25) is 0 Å². The lowest BCUT2D eigenvalue weighted by atomic mass is 10.0. The van der Waals surface area contributed by atoms with E-state index in [1.54, 1.807) is 0 Å². The third-order valence-electron chi connectivity index (χ3n) is 3.77. The molecule has 0 saturated carbocycles. The molecule has 2 rings (SSSR count). The summed E-state index contributed by atoms with van der Waals surface area (Å²) in [7, 11) is 0. The summed E-state index contributed by atoms with van der Waals surface area (Å²) < 4.78 is 0. The molecule has 22 heavy (non-hydrogen) atoms. The van der Waals surface area contributed by atoms with Gasteiger partial charge in [0.2, 0.25) is 0 Å². The molecule has 0 aliphatic rings. The lowest BCUT2D eigenvalue weighted by Gasteiger charge is -2.16. The van der Waals surface area contributed by atoms with Gasteiger partial charge >= 0.3 is 0 Å². The van der Waals surface area contributed by atoms with Crippen LogP contribution in [0, 0.1) is 0 Å². The summed E-state index contributed by atoms with van der Waals surface area (Å²) in [5.74, 6) is 0.968. The van der Waals surface area contributed by atoms with Gasteiger partial charge in [-0.1, -0.05) is 63.2 Å². The lowest BCUT2D eigenvalue weighted by Crippen LogP contribution is -2.31. The molecule has 0 amide bonds. The quantitative estimate of drug-likeness (QED) is 0.768. The minimum absolute atomic E-state index is 0.421. The van der Waals surface area contributed by atoms with Gasteiger partial charge in [-0.2, -0.15) is 0 Å². The summed E-state index contributed by atoms with van der Waals surface area (Å²) in [5, 5.41) is 7.19. The van der Waals surface area contributed by atoms with E-state index in [-0.39, 0.29) is 0 Å². The summed E-state index contributed by atoms with van der Waals surface area (Å²) in [4.78, 5) is 0. The third kappa shape index (κ3) is 4.85. The van der Waals surface area contributed by atoms with E-state index in [4.69, 9.17) is 12.2 Å². The molecular formula is C19H24N2S. The second-order valence-electron chi connectivity index (χ2n) is 5.92. The van der Waals surface area contributed by atoms with Crippen LogP contribution in [0.15, 0.2) is 54.6 Å². The molecule has 3 heteroatoms. The number of benzene rings is 2. The smallest absolute Gasteiger partial charge is 0.170 e. The molecule has 1 atom stereocenters. The van der Waals surface area contributed by atoms with Gasteiger partial charge in [0.1, 0.15) is 0 Å². The maximum atomic E-state index is 5.37. The average Bonchev–Trinajstić information content (AvgIpc) is 2.54. The molecule has 0 aliphatic heterocycles. The SMILES string of the molecule is CC(C)c1ccc(NC(=S)NC[C@H](C)c2ccccc2)cc1. The zero-order valence-corrected chi connectivity index (χ0v) is 14.3. The van der Waals surface area contributed by atoms with Crippen LogP contribution >= 0.6 is 12.2 Å². The van der Waals surface area contributed by atoms with Crippen LogP contribution in [0.5, 0.6) is 0 Å². The Balaban J connectivity index is 1.83. The number of nitrogens with one attached hydrogen (secondary N) is 2. The van der Waals surface area contributed by atoms with Crippen molar-refractivity contribution in [3.8, 4) is 0 Å². The first kappa shape index (κ1) is 16.5. The van der Waals surface area contributed by atoms with Crippen molar-refractivity contribution in [2.75, 3.05) is 11.9 Å². The molecule has 0 unspecified atom stereocenters. The summed E-state index contributed by atoms with van der Waals surface area (Å²) in [6, 6.07) is 18.9. The van der Waals surface area contributed by atoms with E-state index in [9.17, 15) is 0 Å². The second-order valence-corrected chi connectivity index (χ2v) is 6.33. The number of hydrogen-bond acceptors (Lipinski definition) is 1. The molecular weight excluding hydrogens is 288 g/mol. The van der Waals surface area contributed by atoms with E-state index in [1.165, 1.54) is 11.1 Å². The van der Waals surface area contributed by atoms with Crippen molar-refractivity contribution >= 4 is 23.0 Å². The highest BCUT2D eigenvalue weighted by atomic mass is 32.1. The Kier molecular flexibility index (Phi) is 5.96. The average molecular weight is 312 g/mol. The van der Waals surface area contributed by atoms with Crippen molar-refractivity contribution in [2.24, 2.45) is 0 Å². The fraction of sp³-hybridized carbons (Fsp3) is 0.316. The van der Waals surface area contributed by atoms with E-state index in [2.05, 4.69) is 79.9 Å². The van der Waals surface area contributed by atoms with Gasteiger partial charge in [-0.25, -0.2) is 0 Å². The van der Waals surface area contributed by atoms with Crippen LogP contribution in [0.1, 0.15) is 43.7 Å². The molecule has 0 bridgehead atoms. The summed E-state index contributed by atoms with van der Waals surface area (Å²) in [6.45, 7) is 7.40. The van der Waals surface area contributed by atoms with E-state index in [1.807, 2.05) is 6.07 Å². The Morgan fingerprint density at radius 2 is 1.55 bits per heavy atom. The summed E-state index contributed by atoms with van der Waals surface area (Å²) >= 11 is 5.37. The molecule has 2 N–H and O–H groups in total. The molecule has 2 aromatic rings. The molecule has 0 saturated heterocycles. The van der Waals surface area contributed by atoms with Gasteiger partial charge in [0.05, 0.1) is 0 Å². The number of thiocarbonyl (C=S) groups is 1. The third-order valence-corrected chi connectivity index (χ3v) is 4.02. The fourth-order valence-corrected chi connectivity index (χ4v) is 2.47. The molecule has 0 aromatic heterocycles. The zero-order valence-electron chi connectivity index (χ0n) is 13.5. The van der Waals surface area contributed by atoms with Crippen LogP contribution < -0.4 is 10.6 Å². The molecule has 116 valence electrons. The van der Waals surface area contributed by atoms with Crippen molar-refractivity contribution in [3.05, 3.63) is 65.7 Å². The van der Waals surface area contributed by atoms with E-state index < -0.39 is 0 Å². The predicted octanol–water partition coefficient (Wildman–Crippen LogP) is 4.90. The topological polar surface area (TPSA) is 24.1 Å². The Morgan fingerprint density at radius 3 is 2.14 bits per heavy atom. The van der Waals surface area contributed by atoms with Gasteiger partial charge in [-0.15, -0.1) is 0 Å². The highest BCUT2D eigenvalue weighted by Gasteiger charge is 2.06. The van der Waals surface area contributed by atoms with Crippen LogP contribution in [0.3, 0.4) is 0 Å². The maximum absolute atomic E-state index is 5.37. The first-order valence-electron chi connectivity index (χ1n) is 7.76. The van der Waals surface area contributed by atoms with Crippen LogP contribution in [0.2, 0.25) is 0 Å². The second kappa shape index (κ2) is 7.95. The van der Waals surface area contributed by atoms with Gasteiger partial charge in [0.25, 0.3) is 0 Å². The highest BCUT2D eigenvalue weighted by molar-refractivity contribution is 7.80. The first-order valence-corrected chi connectivity index (χ1v) is 8.17. The van der Waals surface area contributed by atoms with Crippen LogP contribution in [-0.2, 0) is 0 Å². The highest BCUT2D eigenvalue weighted by Crippen LogP contribution is 2.17. The van der Waals surface area contributed by atoms with Gasteiger partial charge in [-0.05, 0) is 47.3 Å². The molecule has 0 aliphatic carbocycles. The van der Waals surface area contributed by atoms with Crippen molar-refractivity contribution in [3.63, 3.8) is 0 Å². The minimum Gasteiger partial charge on any atom is -0.362 e. The largest absolute Gasteiger partial charge is 0.362 e. The predicted molar refractivity (Wildman–Crippen MR) is 99.6 cm³/mol. The Bertz CT molecular complexity index is 591. The normalized spacial score (nSPS) is 12.0. The van der Waals surface area contributed by atoms with Gasteiger partial charge in [0.15, 0.2) is 5.11 Å². The standard InChI is InChI=1S/C19H24N2S/c1-14(2)16-9-11-18(12-10-16)21-19(22)20-13-15(3)17-7-5-4-6-8-17/h4-12,14-15H,13H2,1-3H3,(H2,20,21,22)/t15-/m0/s1. The van der Waals surface area contributed by atoms with Gasteiger partial charge < -0.3 is 10.6 Å². The Labute approximate surface area is 139 Å². The van der Waals surface area contributed by atoms with Crippen molar-refractivity contribution < 1.29 is 0 Å². The molecule has 0 fully saturated rings. The Morgan fingerprint density at radius 1 is 0.909 bits per heavy atom. The van der Waals surface area contributed by atoms with Gasteiger partial charge in [0, 0.05) is 12.2 Å². The minimum atomic E-state index is 0.421. The molecule has 0 heterocycles. The lowest BCUT2D eigenvalue weighted by molar-refractivity contribution is 0.723. The molecule has 2 aromatic carbocycles. The monoisotopic (exact) mass is 312 g/mol. The van der Waals surface area contributed by atoms with Crippen LogP contribution in [0.25, 0.3) is 0 Å². The molecule has 0 radical (unpaired) electrons. The maximum Gasteiger partial charge on any atom is 0.170 e. The van der Waals surface area contributed by atoms with E-state index in [0.717, 1.165) is 12.2 Å². The van der Waals surface area contributed by atoms with Crippen molar-refractivity contribution in [1.29, 1.82) is 0 Å².